The number of thioether (sulfide) groups is 1. The largest absolute Gasteiger partial charge is 0.492 e. The maximum absolute atomic E-state index is 13.0. The van der Waals surface area contributed by atoms with Crippen LogP contribution in [0.1, 0.15) is 5.56 Å². The molecule has 3 rings (SSSR count). The molecule has 1 aromatic heterocycles. The minimum Gasteiger partial charge on any atom is -0.492 e. The van der Waals surface area contributed by atoms with Crippen molar-refractivity contribution in [1.82, 2.24) is 20.1 Å². The molecule has 0 unspecified atom stereocenters. The lowest BCUT2D eigenvalue weighted by atomic mass is 10.2. The van der Waals surface area contributed by atoms with Crippen LogP contribution in [0, 0.1) is 12.7 Å². The highest BCUT2D eigenvalue weighted by Crippen LogP contribution is 2.19. The summed E-state index contributed by atoms with van der Waals surface area (Å²) in [6.07, 6.45) is 1.62. The van der Waals surface area contributed by atoms with E-state index in [1.165, 1.54) is 29.5 Å². The van der Waals surface area contributed by atoms with Gasteiger partial charge in [-0.1, -0.05) is 35.5 Å². The fourth-order valence-corrected chi connectivity index (χ4v) is 3.06. The van der Waals surface area contributed by atoms with Gasteiger partial charge in [0.2, 0.25) is 5.91 Å². The molecule has 0 aliphatic carbocycles. The van der Waals surface area contributed by atoms with E-state index in [9.17, 15) is 9.18 Å². The number of nitrogens with zero attached hydrogens (tertiary/aromatic N) is 3. The minimum absolute atomic E-state index is 0.138. The average molecular weight is 386 g/mol. The first kappa shape index (κ1) is 18.9. The third-order valence-electron chi connectivity index (χ3n) is 3.65. The van der Waals surface area contributed by atoms with Gasteiger partial charge in [-0.25, -0.2) is 4.39 Å². The van der Waals surface area contributed by atoms with E-state index in [1.54, 1.807) is 18.5 Å². The lowest BCUT2D eigenvalue weighted by molar-refractivity contribution is -0.118. The summed E-state index contributed by atoms with van der Waals surface area (Å²) < 4.78 is 20.3. The molecule has 1 amide bonds. The highest BCUT2D eigenvalue weighted by atomic mass is 32.2. The van der Waals surface area contributed by atoms with Gasteiger partial charge in [0.1, 0.15) is 24.5 Å². The minimum atomic E-state index is -0.356. The number of nitrogens with one attached hydrogen (secondary N) is 1. The summed E-state index contributed by atoms with van der Waals surface area (Å²) in [6.45, 7) is 2.62. The Morgan fingerprint density at radius 2 is 2.07 bits per heavy atom. The van der Waals surface area contributed by atoms with Gasteiger partial charge in [-0.15, -0.1) is 10.2 Å². The summed E-state index contributed by atoms with van der Waals surface area (Å²) >= 11 is 1.30. The first-order valence-corrected chi connectivity index (χ1v) is 9.35. The maximum Gasteiger partial charge on any atom is 0.230 e. The van der Waals surface area contributed by atoms with Crippen LogP contribution < -0.4 is 10.1 Å². The summed E-state index contributed by atoms with van der Waals surface area (Å²) in [5.74, 6) is 0.154. The molecule has 6 nitrogen and oxygen atoms in total. The fourth-order valence-electron chi connectivity index (χ4n) is 2.30. The average Bonchev–Trinajstić information content (AvgIpc) is 3.13. The van der Waals surface area contributed by atoms with Crippen LogP contribution in [0.2, 0.25) is 0 Å². The second-order valence-corrected chi connectivity index (χ2v) is 6.71. The van der Waals surface area contributed by atoms with Crippen LogP contribution in [-0.4, -0.2) is 39.6 Å². The Kier molecular flexibility index (Phi) is 6.43. The van der Waals surface area contributed by atoms with Gasteiger partial charge >= 0.3 is 0 Å². The van der Waals surface area contributed by atoms with Crippen LogP contribution >= 0.6 is 11.8 Å². The van der Waals surface area contributed by atoms with E-state index in [1.807, 2.05) is 35.8 Å². The summed E-state index contributed by atoms with van der Waals surface area (Å²) in [5.41, 5.74) is 2.11. The summed E-state index contributed by atoms with van der Waals surface area (Å²) in [6, 6.07) is 13.9. The highest BCUT2D eigenvalue weighted by molar-refractivity contribution is 7.99. The van der Waals surface area contributed by atoms with Crippen LogP contribution in [0.25, 0.3) is 5.69 Å². The van der Waals surface area contributed by atoms with Crippen molar-refractivity contribution in [1.29, 1.82) is 0 Å². The number of carbonyl (C=O) groups excluding carboxylic acids is 1. The van der Waals surface area contributed by atoms with Crippen LogP contribution in [-0.2, 0) is 4.79 Å². The molecule has 0 bridgehead atoms. The normalized spacial score (nSPS) is 10.6. The smallest absolute Gasteiger partial charge is 0.230 e. The monoisotopic (exact) mass is 386 g/mol. The van der Waals surface area contributed by atoms with Gasteiger partial charge in [-0.05, 0) is 31.2 Å². The van der Waals surface area contributed by atoms with Crippen molar-refractivity contribution in [2.75, 3.05) is 18.9 Å². The van der Waals surface area contributed by atoms with Crippen molar-refractivity contribution in [3.05, 3.63) is 66.2 Å². The number of aromatic nitrogens is 3. The van der Waals surface area contributed by atoms with Gasteiger partial charge in [0.05, 0.1) is 12.3 Å². The van der Waals surface area contributed by atoms with E-state index in [4.69, 9.17) is 4.74 Å². The van der Waals surface area contributed by atoms with E-state index in [0.29, 0.717) is 17.5 Å². The van der Waals surface area contributed by atoms with Gasteiger partial charge in [-0.3, -0.25) is 9.36 Å². The molecule has 3 aromatic rings. The van der Waals surface area contributed by atoms with Crippen molar-refractivity contribution < 1.29 is 13.9 Å². The predicted octanol–water partition coefficient (Wildman–Crippen LogP) is 3.00. The van der Waals surface area contributed by atoms with Crippen LogP contribution in [0.3, 0.4) is 0 Å². The molecular formula is C19H19FN4O2S. The molecule has 0 radical (unpaired) electrons. The second-order valence-electron chi connectivity index (χ2n) is 5.76. The van der Waals surface area contributed by atoms with E-state index in [0.717, 1.165) is 5.69 Å². The molecule has 0 saturated carbocycles. The SMILES string of the molecule is Cc1ccc(-n2cnnc2SCC(=O)NCCOc2cccc(F)c2)cc1. The van der Waals surface area contributed by atoms with Crippen molar-refractivity contribution in [2.24, 2.45) is 0 Å². The first-order valence-electron chi connectivity index (χ1n) is 8.37. The zero-order chi connectivity index (χ0) is 19.1. The van der Waals surface area contributed by atoms with Crippen molar-refractivity contribution in [3.8, 4) is 11.4 Å². The molecule has 27 heavy (non-hydrogen) atoms. The third kappa shape index (κ3) is 5.55. The quantitative estimate of drug-likeness (QED) is 0.476. The van der Waals surface area contributed by atoms with E-state index in [-0.39, 0.29) is 24.1 Å². The molecule has 0 saturated heterocycles. The number of ether oxygens (including phenoxy) is 1. The molecule has 0 atom stereocenters. The summed E-state index contributed by atoms with van der Waals surface area (Å²) in [7, 11) is 0. The maximum atomic E-state index is 13.0. The van der Waals surface area contributed by atoms with Gasteiger partial charge in [0, 0.05) is 11.8 Å². The third-order valence-corrected chi connectivity index (χ3v) is 4.59. The molecule has 0 aliphatic heterocycles. The van der Waals surface area contributed by atoms with Crippen molar-refractivity contribution in [3.63, 3.8) is 0 Å². The van der Waals surface area contributed by atoms with Crippen LogP contribution in [0.5, 0.6) is 5.75 Å². The lowest BCUT2D eigenvalue weighted by Gasteiger charge is -2.08. The van der Waals surface area contributed by atoms with E-state index < -0.39 is 0 Å². The number of aryl methyl sites for hydroxylation is 1. The van der Waals surface area contributed by atoms with E-state index in [2.05, 4.69) is 15.5 Å². The topological polar surface area (TPSA) is 69.0 Å². The van der Waals surface area contributed by atoms with Gasteiger partial charge in [0.15, 0.2) is 5.16 Å². The Bertz CT molecular complexity index is 899. The Balaban J connectivity index is 1.43. The molecule has 1 heterocycles. The number of benzene rings is 2. The number of rotatable bonds is 8. The standard InChI is InChI=1S/C19H19FN4O2S/c1-14-5-7-16(8-6-14)24-13-22-23-19(24)27-12-18(25)21-9-10-26-17-4-2-3-15(20)11-17/h2-8,11,13H,9-10,12H2,1H3,(H,21,25). The number of hydrogen-bond donors (Lipinski definition) is 1. The molecule has 0 fully saturated rings. The molecule has 1 N–H and O–H groups in total. The number of hydrogen-bond acceptors (Lipinski definition) is 5. The first-order chi connectivity index (χ1) is 13.1. The zero-order valence-corrected chi connectivity index (χ0v) is 15.6. The van der Waals surface area contributed by atoms with Gasteiger partial charge < -0.3 is 10.1 Å². The summed E-state index contributed by atoms with van der Waals surface area (Å²) in [4.78, 5) is 12.0. The van der Waals surface area contributed by atoms with Crippen LogP contribution in [0.15, 0.2) is 60.0 Å². The Morgan fingerprint density at radius 1 is 1.26 bits per heavy atom. The van der Waals surface area contributed by atoms with E-state index >= 15 is 0 Å². The van der Waals surface area contributed by atoms with Crippen molar-refractivity contribution >= 4 is 17.7 Å². The highest BCUT2D eigenvalue weighted by Gasteiger charge is 2.10. The summed E-state index contributed by atoms with van der Waals surface area (Å²) in [5, 5.41) is 11.4. The zero-order valence-electron chi connectivity index (χ0n) is 14.8. The van der Waals surface area contributed by atoms with Gasteiger partial charge in [-0.2, -0.15) is 0 Å². The molecule has 8 heteroatoms. The Morgan fingerprint density at radius 3 is 2.85 bits per heavy atom. The van der Waals surface area contributed by atoms with Crippen molar-refractivity contribution in [2.45, 2.75) is 12.1 Å². The molecule has 0 aliphatic rings. The molecule has 0 spiro atoms. The lowest BCUT2D eigenvalue weighted by Crippen LogP contribution is -2.29. The molecule has 2 aromatic carbocycles. The fraction of sp³-hybridized carbons (Fsp3) is 0.211. The number of amides is 1. The predicted molar refractivity (Wildman–Crippen MR) is 102 cm³/mol. The number of halogens is 1. The Labute approximate surface area is 160 Å². The van der Waals surface area contributed by atoms with Crippen LogP contribution in [0.4, 0.5) is 4.39 Å². The molecular weight excluding hydrogens is 367 g/mol. The molecule has 140 valence electrons. The number of carbonyl (C=O) groups is 1. The Hall–Kier alpha value is -2.87. The second kappa shape index (κ2) is 9.18. The van der Waals surface area contributed by atoms with Gasteiger partial charge in [0.25, 0.3) is 0 Å².